The summed E-state index contributed by atoms with van der Waals surface area (Å²) in [5, 5.41) is 5.25. The van der Waals surface area contributed by atoms with Crippen LogP contribution >= 0.6 is 0 Å². The van der Waals surface area contributed by atoms with E-state index in [2.05, 4.69) is 22.4 Å². The maximum absolute atomic E-state index is 12.5. The van der Waals surface area contributed by atoms with Gasteiger partial charge in [-0.05, 0) is 85.7 Å². The van der Waals surface area contributed by atoms with Crippen molar-refractivity contribution in [3.63, 3.8) is 0 Å². The van der Waals surface area contributed by atoms with Crippen molar-refractivity contribution < 1.29 is 9.53 Å². The number of ether oxygens (including phenoxy) is 1. The van der Waals surface area contributed by atoms with Gasteiger partial charge in [0.05, 0.1) is 12.8 Å². The number of nitrogens with zero attached hydrogens (tertiary/aromatic N) is 1. The molecule has 1 heterocycles. The summed E-state index contributed by atoms with van der Waals surface area (Å²) in [6.07, 6.45) is 7.23. The second-order valence-electron chi connectivity index (χ2n) is 7.17. The molecule has 1 aliphatic rings. The summed E-state index contributed by atoms with van der Waals surface area (Å²) < 4.78 is 5.56. The number of fused-ring (bicyclic) bond motifs is 3. The number of H-pyrrole nitrogens is 1. The quantitative estimate of drug-likeness (QED) is 0.488. The van der Waals surface area contributed by atoms with Gasteiger partial charge in [-0.3, -0.25) is 4.79 Å². The van der Waals surface area contributed by atoms with Crippen molar-refractivity contribution in [3.05, 3.63) is 64.8 Å². The maximum Gasteiger partial charge on any atom is 0.271 e. The molecule has 0 spiro atoms. The van der Waals surface area contributed by atoms with Crippen LogP contribution < -0.4 is 10.2 Å². The Balaban J connectivity index is 1.42. The molecule has 5 nitrogen and oxygen atoms in total. The summed E-state index contributed by atoms with van der Waals surface area (Å²) in [7, 11) is 0. The number of hydrazone groups is 1. The van der Waals surface area contributed by atoms with Crippen LogP contribution in [0.5, 0.6) is 5.75 Å². The van der Waals surface area contributed by atoms with Gasteiger partial charge in [-0.2, -0.15) is 5.10 Å². The normalized spacial score (nSPS) is 13.6. The van der Waals surface area contributed by atoms with Crippen molar-refractivity contribution >= 4 is 23.0 Å². The molecule has 5 heteroatoms. The molecule has 2 aromatic carbocycles. The lowest BCUT2D eigenvalue weighted by molar-refractivity contribution is 0.0955. The minimum absolute atomic E-state index is 0.202. The number of rotatable bonds is 6. The number of hydrogen-bond donors (Lipinski definition) is 2. The molecule has 4 rings (SSSR count). The maximum atomic E-state index is 12.5. The third-order valence-corrected chi connectivity index (χ3v) is 5.09. The van der Waals surface area contributed by atoms with E-state index in [4.69, 9.17) is 4.74 Å². The topological polar surface area (TPSA) is 66.5 Å². The number of hydrogen-bond acceptors (Lipinski definition) is 3. The molecule has 0 aliphatic heterocycles. The van der Waals surface area contributed by atoms with E-state index in [1.807, 2.05) is 42.5 Å². The van der Waals surface area contributed by atoms with Crippen LogP contribution in [0.4, 0.5) is 0 Å². The molecule has 2 N–H and O–H groups in total. The van der Waals surface area contributed by atoms with E-state index in [9.17, 15) is 4.79 Å². The van der Waals surface area contributed by atoms with Gasteiger partial charge in [0, 0.05) is 22.2 Å². The van der Waals surface area contributed by atoms with Crippen molar-refractivity contribution in [1.29, 1.82) is 0 Å². The van der Waals surface area contributed by atoms with Gasteiger partial charge in [0.15, 0.2) is 0 Å². The summed E-state index contributed by atoms with van der Waals surface area (Å²) in [4.78, 5) is 16.0. The Bertz CT molecular complexity index is 1000. The van der Waals surface area contributed by atoms with Crippen LogP contribution in [0.2, 0.25) is 0 Å². The van der Waals surface area contributed by atoms with E-state index < -0.39 is 0 Å². The van der Waals surface area contributed by atoms with Crippen molar-refractivity contribution in [1.82, 2.24) is 10.4 Å². The Labute approximate surface area is 164 Å². The lowest BCUT2D eigenvalue weighted by Crippen LogP contribution is -2.17. The Kier molecular flexibility index (Phi) is 5.42. The van der Waals surface area contributed by atoms with E-state index in [0.29, 0.717) is 12.2 Å². The van der Waals surface area contributed by atoms with Crippen LogP contribution in [-0.2, 0) is 12.8 Å². The van der Waals surface area contributed by atoms with E-state index in [-0.39, 0.29) is 5.91 Å². The molecular weight excluding hydrogens is 350 g/mol. The first-order valence-corrected chi connectivity index (χ1v) is 9.94. The largest absolute Gasteiger partial charge is 0.494 e. The molecular formula is C23H25N3O2. The van der Waals surface area contributed by atoms with Gasteiger partial charge in [0.1, 0.15) is 5.75 Å². The minimum atomic E-state index is -0.202. The lowest BCUT2D eigenvalue weighted by Gasteiger charge is -2.10. The van der Waals surface area contributed by atoms with Crippen LogP contribution in [-0.4, -0.2) is 23.7 Å². The Morgan fingerprint density at radius 3 is 2.82 bits per heavy atom. The van der Waals surface area contributed by atoms with Gasteiger partial charge >= 0.3 is 0 Å². The van der Waals surface area contributed by atoms with E-state index >= 15 is 0 Å². The lowest BCUT2D eigenvalue weighted by atomic mass is 9.95. The summed E-state index contributed by atoms with van der Waals surface area (Å²) in [5.74, 6) is 0.637. The van der Waals surface area contributed by atoms with E-state index in [0.717, 1.165) is 41.5 Å². The molecule has 0 atom stereocenters. The number of carbonyl (C=O) groups excluding carboxylic acids is 1. The molecule has 144 valence electrons. The molecule has 1 amide bonds. The third kappa shape index (κ3) is 3.93. The van der Waals surface area contributed by atoms with E-state index in [1.54, 1.807) is 6.21 Å². The second kappa shape index (κ2) is 8.30. The van der Waals surface area contributed by atoms with Crippen molar-refractivity contribution in [3.8, 4) is 5.75 Å². The molecule has 1 aromatic heterocycles. The van der Waals surface area contributed by atoms with Gasteiger partial charge < -0.3 is 9.72 Å². The first kappa shape index (κ1) is 18.3. The minimum Gasteiger partial charge on any atom is -0.494 e. The summed E-state index contributed by atoms with van der Waals surface area (Å²) >= 11 is 0. The van der Waals surface area contributed by atoms with Crippen LogP contribution in [0.15, 0.2) is 47.6 Å². The number of aryl methyl sites for hydroxylation is 2. The first-order valence-electron chi connectivity index (χ1n) is 9.94. The number of carbonyl (C=O) groups is 1. The Morgan fingerprint density at radius 2 is 2.00 bits per heavy atom. The molecule has 0 unspecified atom stereocenters. The Morgan fingerprint density at radius 1 is 1.18 bits per heavy atom. The molecule has 0 saturated carbocycles. The molecule has 0 saturated heterocycles. The predicted molar refractivity (Wildman–Crippen MR) is 112 cm³/mol. The average molecular weight is 375 g/mol. The van der Waals surface area contributed by atoms with Gasteiger partial charge in [-0.1, -0.05) is 6.92 Å². The van der Waals surface area contributed by atoms with Crippen molar-refractivity contribution in [2.75, 3.05) is 6.61 Å². The predicted octanol–water partition coefficient (Wildman–Crippen LogP) is 4.60. The van der Waals surface area contributed by atoms with Gasteiger partial charge in [-0.15, -0.1) is 0 Å². The summed E-state index contributed by atoms with van der Waals surface area (Å²) in [6, 6.07) is 13.4. The Hall–Kier alpha value is -3.08. The highest BCUT2D eigenvalue weighted by molar-refractivity contribution is 5.99. The number of nitrogens with one attached hydrogen (secondary N) is 2. The molecule has 1 aliphatic carbocycles. The zero-order chi connectivity index (χ0) is 19.3. The van der Waals surface area contributed by atoms with Crippen molar-refractivity contribution in [2.24, 2.45) is 5.10 Å². The molecule has 0 radical (unpaired) electrons. The fraction of sp³-hybridized carbons (Fsp3) is 0.304. The van der Waals surface area contributed by atoms with Crippen LogP contribution in [0.1, 0.15) is 53.4 Å². The van der Waals surface area contributed by atoms with Gasteiger partial charge in [0.25, 0.3) is 5.91 Å². The number of amides is 1. The average Bonchev–Trinajstić information content (AvgIpc) is 3.11. The zero-order valence-corrected chi connectivity index (χ0v) is 16.1. The fourth-order valence-corrected chi connectivity index (χ4v) is 3.65. The van der Waals surface area contributed by atoms with Gasteiger partial charge in [-0.25, -0.2) is 5.43 Å². The van der Waals surface area contributed by atoms with Crippen molar-refractivity contribution in [2.45, 2.75) is 39.0 Å². The zero-order valence-electron chi connectivity index (χ0n) is 16.1. The van der Waals surface area contributed by atoms with Crippen LogP contribution in [0.25, 0.3) is 10.9 Å². The summed E-state index contributed by atoms with van der Waals surface area (Å²) in [6.45, 7) is 2.78. The highest BCUT2D eigenvalue weighted by Gasteiger charge is 2.16. The molecule has 0 fully saturated rings. The standard InChI is InChI=1S/C23H25N3O2/c1-2-13-28-18-10-7-16(8-11-18)15-24-26-23(27)17-9-12-22-20(14-17)19-5-3-4-6-21(19)25-22/h7-12,14-15,25H,2-6,13H2,1H3,(H,26,27)/b24-15-. The highest BCUT2D eigenvalue weighted by atomic mass is 16.5. The molecule has 0 bridgehead atoms. The van der Waals surface area contributed by atoms with Gasteiger partial charge in [0.2, 0.25) is 0 Å². The number of aromatic nitrogens is 1. The van der Waals surface area contributed by atoms with Crippen LogP contribution in [0, 0.1) is 0 Å². The highest BCUT2D eigenvalue weighted by Crippen LogP contribution is 2.29. The fourth-order valence-electron chi connectivity index (χ4n) is 3.65. The number of benzene rings is 2. The summed E-state index contributed by atoms with van der Waals surface area (Å²) in [5.41, 5.74) is 7.95. The van der Waals surface area contributed by atoms with Crippen LogP contribution in [0.3, 0.4) is 0 Å². The first-order chi connectivity index (χ1) is 13.7. The molecule has 28 heavy (non-hydrogen) atoms. The number of aromatic amines is 1. The van der Waals surface area contributed by atoms with E-state index in [1.165, 1.54) is 24.1 Å². The SMILES string of the molecule is CCCOc1ccc(/C=N\NC(=O)c2ccc3[nH]c4c(c3c2)CCCC4)cc1. The molecule has 3 aromatic rings. The smallest absolute Gasteiger partial charge is 0.271 e. The third-order valence-electron chi connectivity index (χ3n) is 5.09. The second-order valence-corrected chi connectivity index (χ2v) is 7.17. The monoisotopic (exact) mass is 375 g/mol.